The molecule has 1 aromatic rings. The second-order valence-corrected chi connectivity index (χ2v) is 5.13. The topological polar surface area (TPSA) is 41.6 Å². The zero-order valence-electron chi connectivity index (χ0n) is 12.1. The van der Waals surface area contributed by atoms with Gasteiger partial charge in [-0.2, -0.15) is 13.2 Å². The maximum atomic E-state index is 13.1. The van der Waals surface area contributed by atoms with Crippen LogP contribution in [0.25, 0.3) is 0 Å². The van der Waals surface area contributed by atoms with Crippen LogP contribution in [0.15, 0.2) is 30.3 Å². The number of benzene rings is 1. The molecule has 1 saturated heterocycles. The molecule has 122 valence electrons. The minimum Gasteiger partial charge on any atom is -0.354 e. The molecule has 2 rings (SSSR count). The number of halogens is 3. The van der Waals surface area contributed by atoms with Gasteiger partial charge in [0.25, 0.3) is 0 Å². The molecule has 0 saturated carbocycles. The van der Waals surface area contributed by atoms with Crippen LogP contribution in [0.4, 0.5) is 13.2 Å². The lowest BCUT2D eigenvalue weighted by Crippen LogP contribution is -2.38. The summed E-state index contributed by atoms with van der Waals surface area (Å²) in [5.74, 6) is -0.408. The predicted octanol–water partition coefficient (Wildman–Crippen LogP) is 2.13. The molecule has 0 aromatic heterocycles. The van der Waals surface area contributed by atoms with Gasteiger partial charge in [0.2, 0.25) is 5.91 Å². The molecule has 1 aromatic carbocycles. The van der Waals surface area contributed by atoms with Crippen LogP contribution in [0.3, 0.4) is 0 Å². The molecule has 22 heavy (non-hydrogen) atoms. The second-order valence-electron chi connectivity index (χ2n) is 5.13. The molecule has 1 amide bonds. The summed E-state index contributed by atoms with van der Waals surface area (Å²) >= 11 is 0. The van der Waals surface area contributed by atoms with Gasteiger partial charge in [-0.15, -0.1) is 0 Å². The third kappa shape index (κ3) is 4.71. The lowest BCUT2D eigenvalue weighted by Gasteiger charge is -2.24. The smallest absolute Gasteiger partial charge is 0.354 e. The van der Waals surface area contributed by atoms with Gasteiger partial charge in [-0.1, -0.05) is 30.3 Å². The van der Waals surface area contributed by atoms with Crippen molar-refractivity contribution in [2.45, 2.75) is 18.7 Å². The van der Waals surface area contributed by atoms with Crippen LogP contribution in [-0.2, 0) is 9.53 Å². The third-order valence-corrected chi connectivity index (χ3v) is 3.47. The maximum Gasteiger partial charge on any atom is 0.418 e. The number of nitrogens with zero attached hydrogens (tertiary/aromatic N) is 1. The van der Waals surface area contributed by atoms with Crippen molar-refractivity contribution in [3.05, 3.63) is 35.9 Å². The minimum absolute atomic E-state index is 0.000308. The van der Waals surface area contributed by atoms with Crippen molar-refractivity contribution >= 4 is 5.91 Å². The Balaban J connectivity index is 1.98. The molecule has 4 nitrogen and oxygen atoms in total. The lowest BCUT2D eigenvalue weighted by molar-refractivity contribution is -0.224. The van der Waals surface area contributed by atoms with Crippen LogP contribution in [0.5, 0.6) is 0 Å². The molecular weight excluding hydrogens is 297 g/mol. The molecule has 1 aliphatic heterocycles. The SMILES string of the molecule is O=C(CO[C@@H](c1ccccc1)C(F)(F)F)N1CCCNCC1. The monoisotopic (exact) mass is 316 g/mol. The first-order valence-corrected chi connectivity index (χ1v) is 7.20. The Kier molecular flexibility index (Phi) is 5.79. The largest absolute Gasteiger partial charge is 0.418 e. The van der Waals surface area contributed by atoms with Crippen LogP contribution in [0.2, 0.25) is 0 Å². The first-order chi connectivity index (χ1) is 10.5. The normalized spacial score (nSPS) is 17.9. The predicted molar refractivity (Wildman–Crippen MR) is 75.3 cm³/mol. The average molecular weight is 316 g/mol. The lowest BCUT2D eigenvalue weighted by atomic mass is 10.1. The number of hydrogen-bond donors (Lipinski definition) is 1. The highest BCUT2D eigenvalue weighted by atomic mass is 19.4. The van der Waals surface area contributed by atoms with Crippen molar-refractivity contribution in [2.75, 3.05) is 32.8 Å². The molecule has 1 fully saturated rings. The number of rotatable bonds is 4. The Hall–Kier alpha value is -1.60. The molecule has 0 unspecified atom stereocenters. The van der Waals surface area contributed by atoms with Crippen molar-refractivity contribution in [1.82, 2.24) is 10.2 Å². The summed E-state index contributed by atoms with van der Waals surface area (Å²) in [6, 6.07) is 7.35. The summed E-state index contributed by atoms with van der Waals surface area (Å²) in [6.07, 6.45) is -5.85. The van der Waals surface area contributed by atoms with E-state index in [2.05, 4.69) is 5.32 Å². The highest BCUT2D eigenvalue weighted by Crippen LogP contribution is 2.35. The van der Waals surface area contributed by atoms with E-state index in [0.717, 1.165) is 13.0 Å². The Morgan fingerprint density at radius 1 is 1.23 bits per heavy atom. The van der Waals surface area contributed by atoms with Gasteiger partial charge in [-0.05, 0) is 18.5 Å². The van der Waals surface area contributed by atoms with E-state index >= 15 is 0 Å². The highest BCUT2D eigenvalue weighted by Gasteiger charge is 2.42. The van der Waals surface area contributed by atoms with Crippen LogP contribution < -0.4 is 5.32 Å². The first kappa shape index (κ1) is 16.8. The first-order valence-electron chi connectivity index (χ1n) is 7.20. The molecular formula is C15H19F3N2O2. The average Bonchev–Trinajstić information content (AvgIpc) is 2.76. The van der Waals surface area contributed by atoms with Gasteiger partial charge in [-0.25, -0.2) is 0 Å². The summed E-state index contributed by atoms with van der Waals surface area (Å²) in [5.41, 5.74) is 0.000308. The molecule has 0 bridgehead atoms. The van der Waals surface area contributed by atoms with Crippen molar-refractivity contribution in [3.8, 4) is 0 Å². The summed E-state index contributed by atoms with van der Waals surface area (Å²) in [5, 5.41) is 3.13. The standard InChI is InChI=1S/C15H19F3N2O2/c16-15(17,18)14(12-5-2-1-3-6-12)22-11-13(21)20-9-4-7-19-8-10-20/h1-3,5-6,14,19H,4,7-11H2/t14-/m0/s1. The van der Waals surface area contributed by atoms with Gasteiger partial charge >= 0.3 is 6.18 Å². The van der Waals surface area contributed by atoms with Gasteiger partial charge in [0.1, 0.15) is 6.61 Å². The number of nitrogens with one attached hydrogen (secondary N) is 1. The Morgan fingerprint density at radius 2 is 1.95 bits per heavy atom. The van der Waals surface area contributed by atoms with Crippen molar-refractivity contribution in [1.29, 1.82) is 0 Å². The fourth-order valence-corrected chi connectivity index (χ4v) is 2.35. The van der Waals surface area contributed by atoms with Crippen molar-refractivity contribution < 1.29 is 22.7 Å². The van der Waals surface area contributed by atoms with Crippen LogP contribution >= 0.6 is 0 Å². The molecule has 1 aliphatic rings. The number of carbonyl (C=O) groups excluding carboxylic acids is 1. The van der Waals surface area contributed by atoms with Crippen LogP contribution in [0, 0.1) is 0 Å². The van der Waals surface area contributed by atoms with Gasteiger partial charge in [0.05, 0.1) is 0 Å². The molecule has 7 heteroatoms. The number of ether oxygens (including phenoxy) is 1. The summed E-state index contributed by atoms with van der Waals surface area (Å²) in [6.45, 7) is 1.91. The Morgan fingerprint density at radius 3 is 2.64 bits per heavy atom. The van der Waals surface area contributed by atoms with Crippen LogP contribution in [-0.4, -0.2) is 49.8 Å². The van der Waals surface area contributed by atoms with E-state index in [-0.39, 0.29) is 5.56 Å². The zero-order chi connectivity index (χ0) is 16.0. The number of amides is 1. The summed E-state index contributed by atoms with van der Waals surface area (Å²) in [7, 11) is 0. The highest BCUT2D eigenvalue weighted by molar-refractivity contribution is 5.77. The summed E-state index contributed by atoms with van der Waals surface area (Å²) < 4.78 is 44.2. The maximum absolute atomic E-state index is 13.1. The number of hydrogen-bond acceptors (Lipinski definition) is 3. The zero-order valence-corrected chi connectivity index (χ0v) is 12.1. The fourth-order valence-electron chi connectivity index (χ4n) is 2.35. The van der Waals surface area contributed by atoms with Crippen LogP contribution in [0.1, 0.15) is 18.1 Å². The third-order valence-electron chi connectivity index (χ3n) is 3.47. The van der Waals surface area contributed by atoms with Gasteiger partial charge in [-0.3, -0.25) is 4.79 Å². The number of alkyl halides is 3. The Labute approximate surface area is 127 Å². The minimum atomic E-state index is -4.55. The van der Waals surface area contributed by atoms with E-state index in [4.69, 9.17) is 4.74 Å². The molecule has 1 heterocycles. The number of carbonyl (C=O) groups is 1. The van der Waals surface area contributed by atoms with E-state index in [1.807, 2.05) is 0 Å². The van der Waals surface area contributed by atoms with Gasteiger partial charge in [0.15, 0.2) is 6.10 Å². The van der Waals surface area contributed by atoms with E-state index in [1.54, 1.807) is 11.0 Å². The van der Waals surface area contributed by atoms with E-state index in [0.29, 0.717) is 19.6 Å². The molecule has 0 aliphatic carbocycles. The van der Waals surface area contributed by atoms with Crippen molar-refractivity contribution in [2.24, 2.45) is 0 Å². The van der Waals surface area contributed by atoms with Gasteiger partial charge < -0.3 is 15.0 Å². The quantitative estimate of drug-likeness (QED) is 0.925. The molecule has 1 atom stereocenters. The molecule has 1 N–H and O–H groups in total. The fraction of sp³-hybridized carbons (Fsp3) is 0.533. The van der Waals surface area contributed by atoms with E-state index in [9.17, 15) is 18.0 Å². The van der Waals surface area contributed by atoms with E-state index in [1.165, 1.54) is 24.3 Å². The van der Waals surface area contributed by atoms with Crippen molar-refractivity contribution in [3.63, 3.8) is 0 Å². The second kappa shape index (κ2) is 7.60. The Bertz CT molecular complexity index is 471. The summed E-state index contributed by atoms with van der Waals surface area (Å²) in [4.78, 5) is 13.6. The molecule has 0 radical (unpaired) electrons. The van der Waals surface area contributed by atoms with E-state index < -0.39 is 24.8 Å². The van der Waals surface area contributed by atoms with Gasteiger partial charge in [0, 0.05) is 19.6 Å². The molecule has 0 spiro atoms.